The van der Waals surface area contributed by atoms with Crippen LogP contribution in [0.15, 0.2) is 36.7 Å². The summed E-state index contributed by atoms with van der Waals surface area (Å²) in [6, 6.07) is 8.13. The zero-order valence-electron chi connectivity index (χ0n) is 16.5. The van der Waals surface area contributed by atoms with Crippen LogP contribution >= 0.6 is 0 Å². The third kappa shape index (κ3) is 4.61. The third-order valence-electron chi connectivity index (χ3n) is 5.59. The summed E-state index contributed by atoms with van der Waals surface area (Å²) in [6.45, 7) is 0.985. The number of hydrogen-bond donors (Lipinski definition) is 0. The Bertz CT molecular complexity index is 958. The van der Waals surface area contributed by atoms with Gasteiger partial charge in [-0.3, -0.25) is 9.78 Å². The average molecular weight is 431 g/mol. The SMILES string of the molecule is N#Cc1ccc(N2C3CCC2CN(C(=O)COCc2ccc(C(F)(F)F)nc2)C3)nc1. The standard InChI is InChI=1S/C21H20F3N5O2/c22-21(23,24)18-5-1-15(9-26-18)12-31-13-20(30)28-10-16-3-4-17(11-28)29(16)19-6-2-14(7-25)8-27-19/h1-2,5-6,8-9,16-17H,3-4,10-13H2. The summed E-state index contributed by atoms with van der Waals surface area (Å²) in [5.41, 5.74) is 0.0142. The van der Waals surface area contributed by atoms with Gasteiger partial charge in [0.1, 0.15) is 24.2 Å². The number of pyridine rings is 2. The number of halogens is 3. The van der Waals surface area contributed by atoms with Crippen LogP contribution in [-0.2, 0) is 22.3 Å². The molecule has 2 aromatic rings. The molecule has 2 fully saturated rings. The Morgan fingerprint density at radius 2 is 1.87 bits per heavy atom. The predicted octanol–water partition coefficient (Wildman–Crippen LogP) is 2.76. The van der Waals surface area contributed by atoms with Crippen LogP contribution in [0.25, 0.3) is 0 Å². The Morgan fingerprint density at radius 3 is 2.42 bits per heavy atom. The molecule has 2 aliphatic rings. The van der Waals surface area contributed by atoms with E-state index < -0.39 is 11.9 Å². The molecule has 162 valence electrons. The minimum Gasteiger partial charge on any atom is -0.367 e. The fraction of sp³-hybridized carbons (Fsp3) is 0.429. The van der Waals surface area contributed by atoms with E-state index in [1.807, 2.05) is 6.07 Å². The number of alkyl halides is 3. The first-order valence-electron chi connectivity index (χ1n) is 9.87. The lowest BCUT2D eigenvalue weighted by Crippen LogP contribution is -2.56. The number of carbonyl (C=O) groups is 1. The van der Waals surface area contributed by atoms with Gasteiger partial charge in [0.15, 0.2) is 0 Å². The van der Waals surface area contributed by atoms with E-state index in [1.54, 1.807) is 17.2 Å². The van der Waals surface area contributed by atoms with Crippen LogP contribution in [-0.4, -0.2) is 52.6 Å². The van der Waals surface area contributed by atoms with Gasteiger partial charge >= 0.3 is 6.18 Å². The van der Waals surface area contributed by atoms with Gasteiger partial charge in [-0.25, -0.2) is 4.98 Å². The summed E-state index contributed by atoms with van der Waals surface area (Å²) >= 11 is 0. The number of rotatable bonds is 5. The van der Waals surface area contributed by atoms with Crippen molar-refractivity contribution in [3.8, 4) is 6.07 Å². The number of carbonyl (C=O) groups excluding carboxylic acids is 1. The average Bonchev–Trinajstić information content (AvgIpc) is 3.02. The molecule has 0 saturated carbocycles. The van der Waals surface area contributed by atoms with Crippen molar-refractivity contribution in [3.05, 3.63) is 53.5 Å². The molecule has 4 heterocycles. The molecule has 0 aromatic carbocycles. The van der Waals surface area contributed by atoms with Crippen LogP contribution in [0.3, 0.4) is 0 Å². The summed E-state index contributed by atoms with van der Waals surface area (Å²) < 4.78 is 43.1. The van der Waals surface area contributed by atoms with Gasteiger partial charge in [0.05, 0.1) is 12.2 Å². The minimum absolute atomic E-state index is 0.0128. The van der Waals surface area contributed by atoms with Crippen LogP contribution in [0.1, 0.15) is 29.7 Å². The molecule has 4 rings (SSSR count). The Labute approximate surface area is 177 Å². The number of anilines is 1. The first-order chi connectivity index (χ1) is 14.8. The molecule has 0 radical (unpaired) electrons. The number of fused-ring (bicyclic) bond motifs is 2. The Hall–Kier alpha value is -3.19. The maximum Gasteiger partial charge on any atom is 0.433 e. The van der Waals surface area contributed by atoms with Crippen LogP contribution in [0.4, 0.5) is 19.0 Å². The molecule has 31 heavy (non-hydrogen) atoms. The zero-order chi connectivity index (χ0) is 22.0. The highest BCUT2D eigenvalue weighted by Gasteiger charge is 2.41. The minimum atomic E-state index is -4.48. The lowest BCUT2D eigenvalue weighted by molar-refractivity contribution is -0.141. The van der Waals surface area contributed by atoms with E-state index in [0.717, 1.165) is 30.9 Å². The molecule has 0 spiro atoms. The molecule has 1 amide bonds. The molecular weight excluding hydrogens is 411 g/mol. The highest BCUT2D eigenvalue weighted by Crippen LogP contribution is 2.34. The molecule has 0 aliphatic carbocycles. The molecule has 2 atom stereocenters. The van der Waals surface area contributed by atoms with Gasteiger partial charge in [0.2, 0.25) is 5.91 Å². The molecule has 7 nitrogen and oxygen atoms in total. The topological polar surface area (TPSA) is 82.4 Å². The smallest absolute Gasteiger partial charge is 0.367 e. The van der Waals surface area contributed by atoms with E-state index >= 15 is 0 Å². The summed E-state index contributed by atoms with van der Waals surface area (Å²) in [7, 11) is 0. The highest BCUT2D eigenvalue weighted by atomic mass is 19.4. The lowest BCUT2D eigenvalue weighted by atomic mass is 10.1. The van der Waals surface area contributed by atoms with Crippen molar-refractivity contribution in [2.75, 3.05) is 24.6 Å². The maximum atomic E-state index is 12.6. The second-order valence-corrected chi connectivity index (χ2v) is 7.65. The maximum absolute atomic E-state index is 12.6. The van der Waals surface area contributed by atoms with Crippen molar-refractivity contribution in [2.24, 2.45) is 0 Å². The Balaban J connectivity index is 1.29. The van der Waals surface area contributed by atoms with Gasteiger partial charge in [-0.2, -0.15) is 18.4 Å². The molecule has 2 saturated heterocycles. The predicted molar refractivity (Wildman–Crippen MR) is 104 cm³/mol. The van der Waals surface area contributed by atoms with Crippen LogP contribution in [0.5, 0.6) is 0 Å². The number of amides is 1. The Kier molecular flexibility index (Phi) is 5.78. The molecule has 2 unspecified atom stereocenters. The molecule has 2 bridgehead atoms. The van der Waals surface area contributed by atoms with E-state index in [1.165, 1.54) is 6.07 Å². The van der Waals surface area contributed by atoms with Gasteiger partial charge in [-0.05, 0) is 36.6 Å². The molecule has 2 aromatic heterocycles. The number of aromatic nitrogens is 2. The molecule has 10 heteroatoms. The van der Waals surface area contributed by atoms with Crippen LogP contribution < -0.4 is 4.90 Å². The van der Waals surface area contributed by atoms with E-state index in [9.17, 15) is 18.0 Å². The second kappa shape index (κ2) is 8.51. The monoisotopic (exact) mass is 431 g/mol. The first kappa shape index (κ1) is 21.1. The molecular formula is C21H20F3N5O2. The highest BCUT2D eigenvalue weighted by molar-refractivity contribution is 5.78. The fourth-order valence-electron chi connectivity index (χ4n) is 4.11. The first-order valence-corrected chi connectivity index (χ1v) is 9.87. The van der Waals surface area contributed by atoms with Crippen LogP contribution in [0, 0.1) is 11.3 Å². The normalized spacial score (nSPS) is 20.6. The van der Waals surface area contributed by atoms with Gasteiger partial charge < -0.3 is 14.5 Å². The number of nitriles is 1. The van der Waals surface area contributed by atoms with Crippen LogP contribution in [0.2, 0.25) is 0 Å². The van der Waals surface area contributed by atoms with Crippen molar-refractivity contribution in [3.63, 3.8) is 0 Å². The van der Waals surface area contributed by atoms with Crippen molar-refractivity contribution in [2.45, 2.75) is 37.7 Å². The second-order valence-electron chi connectivity index (χ2n) is 7.65. The zero-order valence-corrected chi connectivity index (χ0v) is 16.5. The molecule has 2 aliphatic heterocycles. The number of nitrogens with zero attached hydrogens (tertiary/aromatic N) is 5. The summed E-state index contributed by atoms with van der Waals surface area (Å²) in [5, 5.41) is 8.93. The lowest BCUT2D eigenvalue weighted by Gasteiger charge is -2.41. The van der Waals surface area contributed by atoms with E-state index in [2.05, 4.69) is 20.9 Å². The molecule has 0 N–H and O–H groups in total. The summed E-state index contributed by atoms with van der Waals surface area (Å²) in [4.78, 5) is 24.4. The van der Waals surface area contributed by atoms with Crippen molar-refractivity contribution >= 4 is 11.7 Å². The number of ether oxygens (including phenoxy) is 1. The van der Waals surface area contributed by atoms with Crippen molar-refractivity contribution < 1.29 is 22.7 Å². The van der Waals surface area contributed by atoms with Gasteiger partial charge in [-0.1, -0.05) is 6.07 Å². The van der Waals surface area contributed by atoms with Gasteiger partial charge in [0.25, 0.3) is 0 Å². The van der Waals surface area contributed by atoms with Gasteiger partial charge in [0, 0.05) is 37.6 Å². The van der Waals surface area contributed by atoms with E-state index in [0.29, 0.717) is 24.2 Å². The quantitative estimate of drug-likeness (QED) is 0.724. The summed E-state index contributed by atoms with van der Waals surface area (Å²) in [5.74, 6) is 0.661. The van der Waals surface area contributed by atoms with Crippen molar-refractivity contribution in [1.29, 1.82) is 5.26 Å². The van der Waals surface area contributed by atoms with Crippen molar-refractivity contribution in [1.82, 2.24) is 14.9 Å². The fourth-order valence-corrected chi connectivity index (χ4v) is 4.11. The third-order valence-corrected chi connectivity index (χ3v) is 5.59. The Morgan fingerprint density at radius 1 is 1.13 bits per heavy atom. The summed E-state index contributed by atoms with van der Waals surface area (Å²) in [6.07, 6.45) is 0.0830. The number of likely N-dealkylation sites (tertiary alicyclic amines) is 1. The van der Waals surface area contributed by atoms with Gasteiger partial charge in [-0.15, -0.1) is 0 Å². The largest absolute Gasteiger partial charge is 0.433 e. The number of hydrogen-bond acceptors (Lipinski definition) is 6. The van der Waals surface area contributed by atoms with E-state index in [-0.39, 0.29) is 31.2 Å². The number of piperazine rings is 1. The van der Waals surface area contributed by atoms with E-state index in [4.69, 9.17) is 10.00 Å².